The molecule has 3 rings (SSSR count). The van der Waals surface area contributed by atoms with Crippen molar-refractivity contribution in [3.63, 3.8) is 0 Å². The number of carbonyl (C=O) groups excluding carboxylic acids is 1. The van der Waals surface area contributed by atoms with Gasteiger partial charge < -0.3 is 10.4 Å². The summed E-state index contributed by atoms with van der Waals surface area (Å²) in [5.41, 5.74) is 0.287. The van der Waals surface area contributed by atoms with Gasteiger partial charge in [-0.2, -0.15) is 0 Å². The third-order valence-corrected chi connectivity index (χ3v) is 6.91. The molecule has 0 spiro atoms. The Bertz CT molecular complexity index is 1050. The first-order chi connectivity index (χ1) is 12.5. The summed E-state index contributed by atoms with van der Waals surface area (Å²) in [6.07, 6.45) is 3.15. The molecule has 1 atom stereocenters. The number of phenols is 1. The van der Waals surface area contributed by atoms with Gasteiger partial charge in [-0.05, 0) is 36.5 Å². The maximum absolute atomic E-state index is 15.1. The highest BCUT2D eigenvalue weighted by molar-refractivity contribution is 8.00. The van der Waals surface area contributed by atoms with Crippen molar-refractivity contribution in [3.8, 4) is 5.75 Å². The first-order valence-corrected chi connectivity index (χ1v) is 11.8. The molecule has 0 fully saturated rings. The quantitative estimate of drug-likeness (QED) is 0.605. The van der Waals surface area contributed by atoms with Crippen LogP contribution in [0, 0.1) is 5.82 Å². The number of hydrogen-bond acceptors (Lipinski definition) is 7. The van der Waals surface area contributed by atoms with E-state index in [0.29, 0.717) is 18.4 Å². The second-order valence-corrected chi connectivity index (χ2v) is 10.6. The largest absolute Gasteiger partial charge is 0.507 e. The Morgan fingerprint density at radius 3 is 2.70 bits per heavy atom. The smallest absolute Gasteiger partial charge is 0.265 e. The molecule has 8 nitrogen and oxygen atoms in total. The molecule has 1 aliphatic carbocycles. The summed E-state index contributed by atoms with van der Waals surface area (Å²) < 4.78 is 63.2. The van der Waals surface area contributed by atoms with Crippen molar-refractivity contribution >= 4 is 30.7 Å². The van der Waals surface area contributed by atoms with E-state index in [9.17, 15) is 26.7 Å². The summed E-state index contributed by atoms with van der Waals surface area (Å²) in [6, 6.07) is 1.14. The molecule has 1 amide bonds. The van der Waals surface area contributed by atoms with Crippen molar-refractivity contribution in [2.24, 2.45) is 0 Å². The van der Waals surface area contributed by atoms with E-state index in [1.54, 1.807) is 4.72 Å². The summed E-state index contributed by atoms with van der Waals surface area (Å²) in [7, 11) is -7.34. The molecule has 11 heteroatoms. The number of aryl methyl sites for hydroxylation is 1. The molecule has 1 aromatic carbocycles. The van der Waals surface area contributed by atoms with Crippen LogP contribution in [0.25, 0.3) is 4.91 Å². The number of fused-ring (bicyclic) bond motifs is 1. The number of amides is 1. The molecule has 1 aromatic rings. The fourth-order valence-corrected chi connectivity index (χ4v) is 4.98. The van der Waals surface area contributed by atoms with Gasteiger partial charge in [-0.25, -0.2) is 25.9 Å². The lowest BCUT2D eigenvalue weighted by atomic mass is 9.86. The van der Waals surface area contributed by atoms with Crippen molar-refractivity contribution in [1.29, 1.82) is 0 Å². The number of halogens is 1. The first kappa shape index (κ1) is 19.8. The Kier molecular flexibility index (Phi) is 5.04. The van der Waals surface area contributed by atoms with Crippen LogP contribution in [0.3, 0.4) is 0 Å². The number of hydrogen-bond donors (Lipinski definition) is 3. The van der Waals surface area contributed by atoms with Crippen LogP contribution in [0.4, 0.5) is 4.39 Å². The molecular formula is C16H19FN2O6S2. The van der Waals surface area contributed by atoms with Gasteiger partial charge in [-0.1, -0.05) is 0 Å². The van der Waals surface area contributed by atoms with E-state index in [4.69, 9.17) is 0 Å². The maximum Gasteiger partial charge on any atom is 0.265 e. The average molecular weight is 418 g/mol. The summed E-state index contributed by atoms with van der Waals surface area (Å²) >= 11 is 0. The predicted molar refractivity (Wildman–Crippen MR) is 96.6 cm³/mol. The molecule has 0 saturated heterocycles. The number of sulfone groups is 1. The summed E-state index contributed by atoms with van der Waals surface area (Å²) in [5, 5.41) is 13.2. The lowest BCUT2D eigenvalue weighted by molar-refractivity contribution is -0.114. The molecule has 27 heavy (non-hydrogen) atoms. The second-order valence-electron chi connectivity index (χ2n) is 6.72. The Morgan fingerprint density at radius 1 is 1.41 bits per heavy atom. The van der Waals surface area contributed by atoms with Gasteiger partial charge in [0, 0.05) is 24.9 Å². The SMILES string of the molecule is CS(=O)(=O)CCNC1CCc2cc(O)c(C3=CC(=O)NS3(=O)=O)c(F)c2C1. The zero-order valence-electron chi connectivity index (χ0n) is 14.5. The van der Waals surface area contributed by atoms with Crippen LogP contribution in [0.2, 0.25) is 0 Å². The average Bonchev–Trinajstić information content (AvgIpc) is 2.79. The van der Waals surface area contributed by atoms with E-state index in [1.807, 2.05) is 0 Å². The third-order valence-electron chi connectivity index (χ3n) is 4.59. The maximum atomic E-state index is 15.1. The minimum atomic E-state index is -4.23. The number of sulfonamides is 1. The normalized spacial score (nSPS) is 21.5. The minimum absolute atomic E-state index is 0.0431. The number of aromatic hydroxyl groups is 1. The van der Waals surface area contributed by atoms with Crippen LogP contribution in [0.15, 0.2) is 12.1 Å². The van der Waals surface area contributed by atoms with E-state index in [1.165, 1.54) is 6.07 Å². The van der Waals surface area contributed by atoms with E-state index in [0.717, 1.165) is 12.3 Å². The zero-order valence-corrected chi connectivity index (χ0v) is 16.1. The van der Waals surface area contributed by atoms with Crippen LogP contribution >= 0.6 is 0 Å². The highest BCUT2D eigenvalue weighted by atomic mass is 32.2. The van der Waals surface area contributed by atoms with Crippen LogP contribution in [0.5, 0.6) is 5.75 Å². The number of phenolic OH excluding ortho intramolecular Hbond substituents is 1. The van der Waals surface area contributed by atoms with Gasteiger partial charge >= 0.3 is 0 Å². The van der Waals surface area contributed by atoms with Gasteiger partial charge in [-0.3, -0.25) is 4.79 Å². The van der Waals surface area contributed by atoms with Crippen molar-refractivity contribution < 1.29 is 31.1 Å². The Morgan fingerprint density at radius 2 is 2.11 bits per heavy atom. The van der Waals surface area contributed by atoms with Crippen LogP contribution in [-0.4, -0.2) is 52.4 Å². The minimum Gasteiger partial charge on any atom is -0.507 e. The van der Waals surface area contributed by atoms with Gasteiger partial charge in [0.1, 0.15) is 26.3 Å². The van der Waals surface area contributed by atoms with Gasteiger partial charge in [0.25, 0.3) is 15.9 Å². The lowest BCUT2D eigenvalue weighted by Gasteiger charge is -2.27. The van der Waals surface area contributed by atoms with Crippen molar-refractivity contribution in [2.75, 3.05) is 18.6 Å². The van der Waals surface area contributed by atoms with Crippen molar-refractivity contribution in [3.05, 3.63) is 34.6 Å². The number of carbonyl (C=O) groups is 1. The van der Waals surface area contributed by atoms with Gasteiger partial charge in [0.05, 0.1) is 11.3 Å². The lowest BCUT2D eigenvalue weighted by Crippen LogP contribution is -2.37. The molecule has 0 saturated carbocycles. The van der Waals surface area contributed by atoms with Crippen LogP contribution in [-0.2, 0) is 37.5 Å². The second kappa shape index (κ2) is 6.88. The molecule has 2 aliphatic rings. The number of nitrogens with one attached hydrogen (secondary N) is 2. The topological polar surface area (TPSA) is 130 Å². The van der Waals surface area contributed by atoms with Crippen molar-refractivity contribution in [2.45, 2.75) is 25.3 Å². The highest BCUT2D eigenvalue weighted by Gasteiger charge is 2.35. The zero-order chi connectivity index (χ0) is 20.0. The number of rotatable bonds is 5. The van der Waals surface area contributed by atoms with E-state index in [-0.39, 0.29) is 30.3 Å². The first-order valence-electron chi connectivity index (χ1n) is 8.21. The summed E-state index contributed by atoms with van der Waals surface area (Å²) in [5.74, 6) is -2.37. The molecule has 1 aliphatic heterocycles. The third kappa shape index (κ3) is 4.14. The van der Waals surface area contributed by atoms with Gasteiger partial charge in [0.2, 0.25) is 0 Å². The molecule has 0 bridgehead atoms. The fraction of sp³-hybridized carbons (Fsp3) is 0.438. The molecule has 0 aromatic heterocycles. The Balaban J connectivity index is 1.91. The van der Waals surface area contributed by atoms with Crippen LogP contribution < -0.4 is 10.0 Å². The molecule has 148 valence electrons. The summed E-state index contributed by atoms with van der Waals surface area (Å²) in [6.45, 7) is 0.226. The van der Waals surface area contributed by atoms with E-state index >= 15 is 4.39 Å². The van der Waals surface area contributed by atoms with E-state index in [2.05, 4.69) is 5.32 Å². The molecule has 3 N–H and O–H groups in total. The highest BCUT2D eigenvalue weighted by Crippen LogP contribution is 2.38. The standard InChI is InChI=1S/C16H19FN2O6S2/c1-26(22,23)5-4-18-10-3-2-9-6-12(20)15(16(17)11(9)7-10)13-8-14(21)19-27(13,24)25/h6,8,10,18,20H,2-5,7H2,1H3,(H,19,21). The van der Waals surface area contributed by atoms with Crippen molar-refractivity contribution in [1.82, 2.24) is 10.0 Å². The molecule has 0 radical (unpaired) electrons. The fourth-order valence-electron chi connectivity index (χ4n) is 3.33. The Hall–Kier alpha value is -1.98. The monoisotopic (exact) mass is 418 g/mol. The van der Waals surface area contributed by atoms with Gasteiger partial charge in [-0.15, -0.1) is 0 Å². The predicted octanol–water partition coefficient (Wildman–Crippen LogP) is -0.177. The van der Waals surface area contributed by atoms with Crippen LogP contribution in [0.1, 0.15) is 23.1 Å². The molecule has 1 unspecified atom stereocenters. The Labute approximate surface area is 156 Å². The number of benzene rings is 1. The summed E-state index contributed by atoms with van der Waals surface area (Å²) in [4.78, 5) is 10.8. The molecule has 1 heterocycles. The van der Waals surface area contributed by atoms with E-state index < -0.39 is 47.8 Å². The van der Waals surface area contributed by atoms with Gasteiger partial charge in [0.15, 0.2) is 0 Å². The molecular weight excluding hydrogens is 399 g/mol.